The summed E-state index contributed by atoms with van der Waals surface area (Å²) in [6.45, 7) is 1.30. The third-order valence-corrected chi connectivity index (χ3v) is 2.70. The normalized spacial score (nSPS) is 37.8. The molecule has 1 rings (SSSR count). The number of ether oxygens (including phenoxy) is 1. The average Bonchev–Trinajstić information content (AvgIpc) is 2.29. The van der Waals surface area contributed by atoms with Crippen LogP contribution in [0.1, 0.15) is 19.8 Å². The molecule has 1 saturated heterocycles. The van der Waals surface area contributed by atoms with Crippen molar-refractivity contribution in [2.24, 2.45) is 0 Å². The molecule has 1 aliphatic heterocycles. The lowest BCUT2D eigenvalue weighted by Gasteiger charge is -2.40. The molecule has 17 heavy (non-hydrogen) atoms. The highest BCUT2D eigenvalue weighted by atomic mass is 16.6. The molecule has 7 heteroatoms. The molecule has 1 heterocycles. The molecule has 0 saturated carbocycles. The van der Waals surface area contributed by atoms with Gasteiger partial charge in [0.25, 0.3) is 0 Å². The molecule has 0 radical (unpaired) electrons. The van der Waals surface area contributed by atoms with Crippen molar-refractivity contribution in [1.29, 1.82) is 0 Å². The van der Waals surface area contributed by atoms with Crippen molar-refractivity contribution in [1.82, 2.24) is 5.32 Å². The molecule has 5 N–H and O–H groups in total. The number of hydrogen-bond acceptors (Lipinski definition) is 6. The molecule has 1 fully saturated rings. The number of hydrogen-bond donors (Lipinski definition) is 5. The summed E-state index contributed by atoms with van der Waals surface area (Å²) in [5.41, 5.74) is 0. The van der Waals surface area contributed by atoms with Gasteiger partial charge in [-0.05, 0) is 6.42 Å². The molecule has 1 unspecified atom stereocenters. The van der Waals surface area contributed by atoms with E-state index in [1.54, 1.807) is 0 Å². The van der Waals surface area contributed by atoms with Crippen LogP contribution in [0, 0.1) is 0 Å². The summed E-state index contributed by atoms with van der Waals surface area (Å²) in [5.74, 6) is -0.339. The predicted octanol–water partition coefficient (Wildman–Crippen LogP) is -2.30. The quantitative estimate of drug-likeness (QED) is 0.382. The Morgan fingerprint density at radius 2 is 1.94 bits per heavy atom. The highest BCUT2D eigenvalue weighted by molar-refractivity contribution is 5.76. The van der Waals surface area contributed by atoms with E-state index in [-0.39, 0.29) is 12.3 Å². The van der Waals surface area contributed by atoms with Gasteiger partial charge < -0.3 is 30.5 Å². The number of nitrogens with one attached hydrogen (secondary N) is 1. The maximum atomic E-state index is 11.3. The number of aliphatic hydroxyl groups is 4. The van der Waals surface area contributed by atoms with Crippen molar-refractivity contribution in [2.45, 2.75) is 50.4 Å². The lowest BCUT2D eigenvalue weighted by atomic mass is 9.97. The first-order chi connectivity index (χ1) is 8.01. The maximum absolute atomic E-state index is 11.3. The van der Waals surface area contributed by atoms with Crippen LogP contribution >= 0.6 is 0 Å². The molecule has 0 aromatic rings. The predicted molar refractivity (Wildman–Crippen MR) is 56.8 cm³/mol. The van der Waals surface area contributed by atoms with Crippen molar-refractivity contribution < 1.29 is 30.0 Å². The highest BCUT2D eigenvalue weighted by Crippen LogP contribution is 2.19. The third-order valence-electron chi connectivity index (χ3n) is 2.70. The monoisotopic (exact) mass is 249 g/mol. The Balaban J connectivity index is 2.63. The SMILES string of the molecule is CCCC(=O)N[C@H]1C(O)O[C@H](CO)[C@H](O)[C@@H]1O. The van der Waals surface area contributed by atoms with E-state index >= 15 is 0 Å². The number of amides is 1. The summed E-state index contributed by atoms with van der Waals surface area (Å²) < 4.78 is 4.89. The largest absolute Gasteiger partial charge is 0.394 e. The Kier molecular flexibility index (Phi) is 5.29. The lowest BCUT2D eigenvalue weighted by Crippen LogP contribution is -2.64. The zero-order valence-corrected chi connectivity index (χ0v) is 9.61. The summed E-state index contributed by atoms with van der Waals surface area (Å²) in [7, 11) is 0. The number of rotatable bonds is 4. The number of carbonyl (C=O) groups excluding carboxylic acids is 1. The summed E-state index contributed by atoms with van der Waals surface area (Å²) in [6.07, 6.45) is -4.35. The Morgan fingerprint density at radius 1 is 1.29 bits per heavy atom. The lowest BCUT2D eigenvalue weighted by molar-refractivity contribution is -0.253. The topological polar surface area (TPSA) is 119 Å². The zero-order chi connectivity index (χ0) is 13.0. The molecule has 0 aromatic carbocycles. The minimum Gasteiger partial charge on any atom is -0.394 e. The van der Waals surface area contributed by atoms with Gasteiger partial charge in [-0.3, -0.25) is 4.79 Å². The van der Waals surface area contributed by atoms with Gasteiger partial charge in [-0.1, -0.05) is 6.92 Å². The fourth-order valence-corrected chi connectivity index (χ4v) is 1.74. The Hall–Kier alpha value is -0.730. The van der Waals surface area contributed by atoms with E-state index in [4.69, 9.17) is 9.84 Å². The summed E-state index contributed by atoms with van der Waals surface area (Å²) in [5, 5.41) is 40.1. The van der Waals surface area contributed by atoms with Crippen LogP contribution in [0.2, 0.25) is 0 Å². The van der Waals surface area contributed by atoms with Gasteiger partial charge in [-0.25, -0.2) is 0 Å². The summed E-state index contributed by atoms with van der Waals surface area (Å²) in [4.78, 5) is 11.3. The summed E-state index contributed by atoms with van der Waals surface area (Å²) >= 11 is 0. The first-order valence-electron chi connectivity index (χ1n) is 5.61. The Labute approximate surface area is 99.0 Å². The van der Waals surface area contributed by atoms with Gasteiger partial charge >= 0.3 is 0 Å². The molecule has 1 amide bonds. The van der Waals surface area contributed by atoms with Gasteiger partial charge in [0.05, 0.1) is 6.61 Å². The minimum absolute atomic E-state index is 0.259. The number of carbonyl (C=O) groups is 1. The van der Waals surface area contributed by atoms with Crippen molar-refractivity contribution in [3.8, 4) is 0 Å². The minimum atomic E-state index is -1.45. The Morgan fingerprint density at radius 3 is 2.47 bits per heavy atom. The molecule has 1 aliphatic rings. The first kappa shape index (κ1) is 14.3. The van der Waals surface area contributed by atoms with E-state index in [2.05, 4.69) is 5.32 Å². The molecule has 7 nitrogen and oxygen atoms in total. The molecule has 0 spiro atoms. The maximum Gasteiger partial charge on any atom is 0.220 e. The van der Waals surface area contributed by atoms with E-state index in [1.165, 1.54) is 0 Å². The molecule has 0 aromatic heterocycles. The summed E-state index contributed by atoms with van der Waals surface area (Å²) in [6, 6.07) is -1.09. The third kappa shape index (κ3) is 3.36. The van der Waals surface area contributed by atoms with Crippen LogP contribution in [-0.4, -0.2) is 63.6 Å². The molecule has 0 bridgehead atoms. The van der Waals surface area contributed by atoms with Crippen molar-refractivity contribution in [3.63, 3.8) is 0 Å². The van der Waals surface area contributed by atoms with Crippen LogP contribution in [0.5, 0.6) is 0 Å². The van der Waals surface area contributed by atoms with Crippen LogP contribution in [0.3, 0.4) is 0 Å². The van der Waals surface area contributed by atoms with Crippen molar-refractivity contribution >= 4 is 5.91 Å². The van der Waals surface area contributed by atoms with Gasteiger partial charge in [0.2, 0.25) is 5.91 Å². The first-order valence-corrected chi connectivity index (χ1v) is 5.61. The van der Waals surface area contributed by atoms with Crippen LogP contribution < -0.4 is 5.32 Å². The van der Waals surface area contributed by atoms with Crippen LogP contribution in [0.15, 0.2) is 0 Å². The van der Waals surface area contributed by atoms with E-state index in [0.717, 1.165) is 0 Å². The fraction of sp³-hybridized carbons (Fsp3) is 0.900. The highest BCUT2D eigenvalue weighted by Gasteiger charge is 2.44. The van der Waals surface area contributed by atoms with Gasteiger partial charge in [0.15, 0.2) is 6.29 Å². The molecular formula is C10H19NO6. The van der Waals surface area contributed by atoms with E-state index in [0.29, 0.717) is 6.42 Å². The van der Waals surface area contributed by atoms with E-state index in [1.807, 2.05) is 6.92 Å². The van der Waals surface area contributed by atoms with Crippen LogP contribution in [0.25, 0.3) is 0 Å². The molecule has 100 valence electrons. The average molecular weight is 249 g/mol. The van der Waals surface area contributed by atoms with Gasteiger partial charge in [0, 0.05) is 6.42 Å². The van der Waals surface area contributed by atoms with Crippen molar-refractivity contribution in [3.05, 3.63) is 0 Å². The second-order valence-electron chi connectivity index (χ2n) is 4.07. The zero-order valence-electron chi connectivity index (χ0n) is 9.61. The van der Waals surface area contributed by atoms with Crippen LogP contribution in [0.4, 0.5) is 0 Å². The van der Waals surface area contributed by atoms with Crippen LogP contribution in [-0.2, 0) is 9.53 Å². The molecule has 0 aliphatic carbocycles. The second kappa shape index (κ2) is 6.27. The molecule has 5 atom stereocenters. The standard InChI is InChI=1S/C10H19NO6/c1-2-3-6(13)11-7-9(15)8(14)5(4-12)17-10(7)16/h5,7-10,12,14-16H,2-4H2,1H3,(H,11,13)/t5-,7-,8+,9-,10?/m1/s1. The smallest absolute Gasteiger partial charge is 0.220 e. The Bertz CT molecular complexity index is 261. The second-order valence-corrected chi connectivity index (χ2v) is 4.07. The van der Waals surface area contributed by atoms with Gasteiger partial charge in [-0.2, -0.15) is 0 Å². The van der Waals surface area contributed by atoms with E-state index in [9.17, 15) is 20.1 Å². The fourth-order valence-electron chi connectivity index (χ4n) is 1.74. The van der Waals surface area contributed by atoms with E-state index < -0.39 is 37.3 Å². The molecular weight excluding hydrogens is 230 g/mol. The number of aliphatic hydroxyl groups excluding tert-OH is 4. The van der Waals surface area contributed by atoms with Gasteiger partial charge in [0.1, 0.15) is 24.4 Å². The van der Waals surface area contributed by atoms with Crippen molar-refractivity contribution in [2.75, 3.05) is 6.61 Å². The van der Waals surface area contributed by atoms with Gasteiger partial charge in [-0.15, -0.1) is 0 Å².